The number of carbonyl (C=O) groups is 1. The third-order valence-electron chi connectivity index (χ3n) is 2.09. The van der Waals surface area contributed by atoms with Crippen molar-refractivity contribution in [1.29, 1.82) is 0 Å². The molecule has 0 saturated carbocycles. The lowest BCUT2D eigenvalue weighted by Crippen LogP contribution is -2.20. The van der Waals surface area contributed by atoms with E-state index in [0.29, 0.717) is 12.2 Å². The van der Waals surface area contributed by atoms with Crippen LogP contribution in [0.3, 0.4) is 0 Å². The fraction of sp³-hybridized carbons (Fsp3) is 0.273. The van der Waals surface area contributed by atoms with E-state index < -0.39 is 0 Å². The van der Waals surface area contributed by atoms with E-state index in [2.05, 4.69) is 5.16 Å². The molecule has 1 atom stereocenters. The van der Waals surface area contributed by atoms with Crippen LogP contribution < -0.4 is 0 Å². The highest BCUT2D eigenvalue weighted by molar-refractivity contribution is 5.90. The van der Waals surface area contributed by atoms with E-state index in [1.807, 2.05) is 19.1 Å². The maximum absolute atomic E-state index is 11.6. The smallest absolute Gasteiger partial charge is 0.338 e. The van der Waals surface area contributed by atoms with Crippen molar-refractivity contribution in [2.45, 2.75) is 13.0 Å². The van der Waals surface area contributed by atoms with Gasteiger partial charge in [-0.15, -0.1) is 0 Å². The van der Waals surface area contributed by atoms with Gasteiger partial charge in [0, 0.05) is 0 Å². The molecule has 2 rings (SSSR count). The average molecular weight is 205 g/mol. The molecular formula is C11H11NO3. The Balaban J connectivity index is 2.01. The quantitative estimate of drug-likeness (QED) is 0.688. The normalized spacial score (nSPS) is 18.6. The Hall–Kier alpha value is -1.84. The lowest BCUT2D eigenvalue weighted by molar-refractivity contribution is 0.0297. The summed E-state index contributed by atoms with van der Waals surface area (Å²) in [6.07, 6.45) is 1.12. The molecule has 0 spiro atoms. The summed E-state index contributed by atoms with van der Waals surface area (Å²) in [4.78, 5) is 16.3. The van der Waals surface area contributed by atoms with Crippen molar-refractivity contribution in [3.8, 4) is 0 Å². The van der Waals surface area contributed by atoms with Crippen LogP contribution in [0.25, 0.3) is 0 Å². The van der Waals surface area contributed by atoms with Gasteiger partial charge in [-0.05, 0) is 19.1 Å². The zero-order chi connectivity index (χ0) is 10.7. The first-order chi connectivity index (χ1) is 7.25. The molecule has 0 saturated heterocycles. The van der Waals surface area contributed by atoms with E-state index in [1.165, 1.54) is 6.21 Å². The maximum atomic E-state index is 11.6. The zero-order valence-corrected chi connectivity index (χ0v) is 8.34. The van der Waals surface area contributed by atoms with Gasteiger partial charge >= 0.3 is 5.97 Å². The molecule has 78 valence electrons. The third-order valence-corrected chi connectivity index (χ3v) is 2.09. The van der Waals surface area contributed by atoms with Gasteiger partial charge in [-0.25, -0.2) is 4.79 Å². The van der Waals surface area contributed by atoms with E-state index >= 15 is 0 Å². The summed E-state index contributed by atoms with van der Waals surface area (Å²) in [6.45, 7) is 2.27. The molecule has 15 heavy (non-hydrogen) atoms. The van der Waals surface area contributed by atoms with Crippen LogP contribution in [-0.2, 0) is 9.57 Å². The van der Waals surface area contributed by atoms with E-state index in [-0.39, 0.29) is 12.1 Å². The molecule has 0 amide bonds. The first kappa shape index (κ1) is 9.71. The summed E-state index contributed by atoms with van der Waals surface area (Å²) >= 11 is 0. The average Bonchev–Trinajstić information content (AvgIpc) is 2.71. The summed E-state index contributed by atoms with van der Waals surface area (Å²) < 4.78 is 5.12. The lowest BCUT2D eigenvalue weighted by atomic mass is 10.1. The minimum Gasteiger partial charge on any atom is -0.449 e. The Morgan fingerprint density at radius 3 is 2.80 bits per heavy atom. The number of carbonyl (C=O) groups excluding carboxylic acids is 1. The van der Waals surface area contributed by atoms with E-state index in [4.69, 9.17) is 9.57 Å². The van der Waals surface area contributed by atoms with Gasteiger partial charge in [-0.2, -0.15) is 0 Å². The minimum absolute atomic E-state index is 0.303. The van der Waals surface area contributed by atoms with Crippen LogP contribution in [0, 0.1) is 6.92 Å². The molecule has 1 aliphatic rings. The predicted octanol–water partition coefficient (Wildman–Crippen LogP) is 1.54. The fourth-order valence-corrected chi connectivity index (χ4v) is 1.23. The predicted molar refractivity (Wildman–Crippen MR) is 54.8 cm³/mol. The molecule has 1 aromatic rings. The Kier molecular flexibility index (Phi) is 2.67. The van der Waals surface area contributed by atoms with Gasteiger partial charge < -0.3 is 9.57 Å². The summed E-state index contributed by atoms with van der Waals surface area (Å²) in [6, 6.07) is 7.22. The number of aryl methyl sites for hydroxylation is 1. The second-order valence-corrected chi connectivity index (χ2v) is 3.36. The first-order valence-electron chi connectivity index (χ1n) is 4.69. The topological polar surface area (TPSA) is 47.9 Å². The molecule has 0 aromatic heterocycles. The van der Waals surface area contributed by atoms with Crippen LogP contribution in [-0.4, -0.2) is 24.9 Å². The lowest BCUT2D eigenvalue weighted by Gasteiger charge is -2.07. The van der Waals surface area contributed by atoms with E-state index in [9.17, 15) is 4.79 Å². The monoisotopic (exact) mass is 205 g/mol. The van der Waals surface area contributed by atoms with Crippen LogP contribution in [0.15, 0.2) is 29.4 Å². The minimum atomic E-state index is -0.362. The molecule has 1 unspecified atom stereocenters. The Morgan fingerprint density at radius 2 is 2.20 bits per heavy atom. The van der Waals surface area contributed by atoms with Crippen molar-refractivity contribution >= 4 is 12.2 Å². The van der Waals surface area contributed by atoms with Crippen molar-refractivity contribution < 1.29 is 14.4 Å². The van der Waals surface area contributed by atoms with Gasteiger partial charge in [0.1, 0.15) is 0 Å². The van der Waals surface area contributed by atoms with Gasteiger partial charge in [-0.1, -0.05) is 22.9 Å². The molecule has 0 N–H and O–H groups in total. The fourth-order valence-electron chi connectivity index (χ4n) is 1.23. The molecule has 0 fully saturated rings. The molecule has 0 bridgehead atoms. The van der Waals surface area contributed by atoms with Crippen molar-refractivity contribution in [2.24, 2.45) is 5.16 Å². The van der Waals surface area contributed by atoms with Crippen LogP contribution >= 0.6 is 0 Å². The summed E-state index contributed by atoms with van der Waals surface area (Å²) in [7, 11) is 0. The van der Waals surface area contributed by atoms with Crippen LogP contribution in [0.1, 0.15) is 15.9 Å². The number of hydrogen-bond acceptors (Lipinski definition) is 4. The van der Waals surface area contributed by atoms with Gasteiger partial charge in [0.2, 0.25) is 0 Å². The molecule has 0 radical (unpaired) electrons. The number of ether oxygens (including phenoxy) is 1. The molecule has 4 nitrogen and oxygen atoms in total. The number of hydrogen-bond donors (Lipinski definition) is 0. The molecule has 1 heterocycles. The summed E-state index contributed by atoms with van der Waals surface area (Å²) in [5.41, 5.74) is 1.65. The molecule has 4 heteroatoms. The highest BCUT2D eigenvalue weighted by atomic mass is 16.7. The SMILES string of the molecule is Cc1ccc(C(=O)OC2C=NOC2)cc1. The zero-order valence-electron chi connectivity index (χ0n) is 8.34. The van der Waals surface area contributed by atoms with E-state index in [0.717, 1.165) is 5.56 Å². The molecule has 1 aliphatic heterocycles. The van der Waals surface area contributed by atoms with E-state index in [1.54, 1.807) is 12.1 Å². The van der Waals surface area contributed by atoms with Crippen molar-refractivity contribution in [3.63, 3.8) is 0 Å². The van der Waals surface area contributed by atoms with Gasteiger partial charge in [0.05, 0.1) is 11.8 Å². The molecular weight excluding hydrogens is 194 g/mol. The number of nitrogens with zero attached hydrogens (tertiary/aromatic N) is 1. The maximum Gasteiger partial charge on any atom is 0.338 e. The van der Waals surface area contributed by atoms with Crippen molar-refractivity contribution in [2.75, 3.05) is 6.61 Å². The number of rotatable bonds is 2. The largest absolute Gasteiger partial charge is 0.449 e. The molecule has 1 aromatic carbocycles. The number of benzene rings is 1. The van der Waals surface area contributed by atoms with Crippen molar-refractivity contribution in [3.05, 3.63) is 35.4 Å². The number of oxime groups is 1. The second kappa shape index (κ2) is 4.13. The second-order valence-electron chi connectivity index (χ2n) is 3.36. The van der Waals surface area contributed by atoms with Crippen molar-refractivity contribution in [1.82, 2.24) is 0 Å². The highest BCUT2D eigenvalue weighted by Crippen LogP contribution is 2.07. The summed E-state index contributed by atoms with van der Waals surface area (Å²) in [5, 5.41) is 3.52. The number of esters is 1. The summed E-state index contributed by atoms with van der Waals surface area (Å²) in [5.74, 6) is -0.350. The van der Waals surface area contributed by atoms with Gasteiger partial charge in [0.15, 0.2) is 12.7 Å². The first-order valence-corrected chi connectivity index (χ1v) is 4.69. The standard InChI is InChI=1S/C11H11NO3/c1-8-2-4-9(5-3-8)11(13)15-10-6-12-14-7-10/h2-6,10H,7H2,1H3. The Bertz CT molecular complexity index is 383. The van der Waals surface area contributed by atoms with Crippen LogP contribution in [0.4, 0.5) is 0 Å². The Labute approximate surface area is 87.5 Å². The molecule has 0 aliphatic carbocycles. The highest BCUT2D eigenvalue weighted by Gasteiger charge is 2.18. The van der Waals surface area contributed by atoms with Crippen LogP contribution in [0.2, 0.25) is 0 Å². The van der Waals surface area contributed by atoms with Gasteiger partial charge in [-0.3, -0.25) is 0 Å². The Morgan fingerprint density at radius 1 is 1.47 bits per heavy atom. The van der Waals surface area contributed by atoms with Gasteiger partial charge in [0.25, 0.3) is 0 Å². The van der Waals surface area contributed by atoms with Crippen LogP contribution in [0.5, 0.6) is 0 Å². The third kappa shape index (κ3) is 2.34.